The van der Waals surface area contributed by atoms with Crippen LogP contribution in [-0.4, -0.2) is 45.9 Å². The molecule has 0 aliphatic carbocycles. The van der Waals surface area contributed by atoms with E-state index in [1.165, 1.54) is 15.6 Å². The van der Waals surface area contributed by atoms with Crippen molar-refractivity contribution in [3.63, 3.8) is 0 Å². The fourth-order valence-corrected chi connectivity index (χ4v) is 5.82. The van der Waals surface area contributed by atoms with Crippen LogP contribution in [0, 0.1) is 0 Å². The maximum absolute atomic E-state index is 12.7. The number of imidazole rings is 1. The van der Waals surface area contributed by atoms with Crippen molar-refractivity contribution >= 4 is 49.4 Å². The van der Waals surface area contributed by atoms with Gasteiger partial charge in [-0.1, -0.05) is 13.0 Å². The SMILES string of the molecule is CCCS(=O)(=O)N1CCc2nc(NC(=O)c3cccc4nc(N)[nH]c34)sc2C1. The van der Waals surface area contributed by atoms with Crippen LogP contribution in [0.5, 0.6) is 0 Å². The number of fused-ring (bicyclic) bond motifs is 2. The Labute approximate surface area is 166 Å². The molecule has 1 aromatic carbocycles. The molecule has 4 rings (SSSR count). The van der Waals surface area contributed by atoms with Crippen LogP contribution in [0.15, 0.2) is 18.2 Å². The Morgan fingerprint density at radius 1 is 1.39 bits per heavy atom. The highest BCUT2D eigenvalue weighted by Crippen LogP contribution is 2.30. The molecule has 1 amide bonds. The molecule has 11 heteroatoms. The molecule has 0 unspecified atom stereocenters. The summed E-state index contributed by atoms with van der Waals surface area (Å²) in [5, 5.41) is 3.26. The number of hydrogen-bond donors (Lipinski definition) is 3. The Kier molecular flexibility index (Phi) is 4.81. The first-order valence-corrected chi connectivity index (χ1v) is 11.3. The van der Waals surface area contributed by atoms with E-state index >= 15 is 0 Å². The molecule has 0 saturated heterocycles. The van der Waals surface area contributed by atoms with E-state index in [0.29, 0.717) is 47.7 Å². The number of nitrogens with one attached hydrogen (secondary N) is 2. The highest BCUT2D eigenvalue weighted by atomic mass is 32.2. The third-order valence-corrected chi connectivity index (χ3v) is 7.57. The van der Waals surface area contributed by atoms with Crippen LogP contribution in [0.4, 0.5) is 11.1 Å². The van der Waals surface area contributed by atoms with Gasteiger partial charge in [-0.25, -0.2) is 18.4 Å². The minimum absolute atomic E-state index is 0.141. The second-order valence-electron chi connectivity index (χ2n) is 6.56. The van der Waals surface area contributed by atoms with Gasteiger partial charge < -0.3 is 10.7 Å². The van der Waals surface area contributed by atoms with Crippen molar-refractivity contribution in [3.8, 4) is 0 Å². The summed E-state index contributed by atoms with van der Waals surface area (Å²) in [7, 11) is -3.25. The number of carbonyl (C=O) groups is 1. The van der Waals surface area contributed by atoms with Crippen LogP contribution in [-0.2, 0) is 23.0 Å². The first-order chi connectivity index (χ1) is 13.4. The molecule has 0 fully saturated rings. The van der Waals surface area contributed by atoms with E-state index in [0.717, 1.165) is 10.6 Å². The number of amides is 1. The number of aromatic amines is 1. The number of rotatable bonds is 5. The van der Waals surface area contributed by atoms with Gasteiger partial charge >= 0.3 is 0 Å². The van der Waals surface area contributed by atoms with E-state index in [2.05, 4.69) is 20.3 Å². The van der Waals surface area contributed by atoms with Crippen LogP contribution in [0.2, 0.25) is 0 Å². The predicted octanol–water partition coefficient (Wildman–Crippen LogP) is 1.95. The van der Waals surface area contributed by atoms with Crippen molar-refractivity contribution in [1.82, 2.24) is 19.3 Å². The Morgan fingerprint density at radius 3 is 3.00 bits per heavy atom. The molecule has 1 aliphatic heterocycles. The van der Waals surface area contributed by atoms with Crippen molar-refractivity contribution < 1.29 is 13.2 Å². The van der Waals surface area contributed by atoms with E-state index in [4.69, 9.17) is 5.73 Å². The Morgan fingerprint density at radius 2 is 2.21 bits per heavy atom. The standard InChI is InChI=1S/C17H20N6O3S2/c1-2-8-28(25,26)23-7-6-11-13(9-23)27-17(20-11)22-15(24)10-4-3-5-12-14(10)21-16(18)19-12/h3-5H,2,6-9H2,1H3,(H3,18,19,21)(H,20,22,24). The molecule has 4 N–H and O–H groups in total. The van der Waals surface area contributed by atoms with Gasteiger partial charge in [-0.15, -0.1) is 11.3 Å². The van der Waals surface area contributed by atoms with Gasteiger partial charge in [-0.05, 0) is 18.6 Å². The van der Waals surface area contributed by atoms with Crippen molar-refractivity contribution in [2.24, 2.45) is 0 Å². The van der Waals surface area contributed by atoms with Crippen LogP contribution in [0.1, 0.15) is 34.3 Å². The van der Waals surface area contributed by atoms with Gasteiger partial charge in [-0.3, -0.25) is 10.1 Å². The monoisotopic (exact) mass is 420 g/mol. The summed E-state index contributed by atoms with van der Waals surface area (Å²) in [5.74, 6) is 0.0614. The second kappa shape index (κ2) is 7.15. The van der Waals surface area contributed by atoms with Gasteiger partial charge in [0.15, 0.2) is 11.1 Å². The summed E-state index contributed by atoms with van der Waals surface area (Å²) >= 11 is 1.31. The fourth-order valence-electron chi connectivity index (χ4n) is 3.25. The van der Waals surface area contributed by atoms with Crippen molar-refractivity contribution in [3.05, 3.63) is 34.3 Å². The summed E-state index contributed by atoms with van der Waals surface area (Å²) < 4.78 is 26.1. The molecule has 3 heterocycles. The zero-order valence-electron chi connectivity index (χ0n) is 15.2. The van der Waals surface area contributed by atoms with Crippen molar-refractivity contribution in [2.75, 3.05) is 23.3 Å². The lowest BCUT2D eigenvalue weighted by Crippen LogP contribution is -2.36. The molecule has 0 bridgehead atoms. The highest BCUT2D eigenvalue weighted by molar-refractivity contribution is 7.89. The highest BCUT2D eigenvalue weighted by Gasteiger charge is 2.28. The number of carbonyl (C=O) groups excluding carboxylic acids is 1. The summed E-state index contributed by atoms with van der Waals surface area (Å²) in [4.78, 5) is 25.1. The lowest BCUT2D eigenvalue weighted by atomic mass is 10.2. The number of H-pyrrole nitrogens is 1. The summed E-state index contributed by atoms with van der Waals surface area (Å²) in [6.45, 7) is 2.57. The smallest absolute Gasteiger partial charge is 0.259 e. The molecule has 28 heavy (non-hydrogen) atoms. The molecule has 9 nitrogen and oxygen atoms in total. The number of anilines is 2. The predicted molar refractivity (Wildman–Crippen MR) is 109 cm³/mol. The quantitative estimate of drug-likeness (QED) is 0.577. The number of thiazole rings is 1. The van der Waals surface area contributed by atoms with E-state index in [1.807, 2.05) is 6.92 Å². The molecular formula is C17H20N6O3S2. The zero-order valence-corrected chi connectivity index (χ0v) is 16.9. The number of sulfonamides is 1. The molecule has 0 atom stereocenters. The maximum atomic E-state index is 12.7. The summed E-state index contributed by atoms with van der Waals surface area (Å²) in [5.41, 5.74) is 8.12. The maximum Gasteiger partial charge on any atom is 0.259 e. The van der Waals surface area contributed by atoms with Gasteiger partial charge in [0.25, 0.3) is 5.91 Å². The number of hydrogen-bond acceptors (Lipinski definition) is 7. The molecular weight excluding hydrogens is 400 g/mol. The number of para-hydroxylation sites is 1. The number of nitrogens with zero attached hydrogens (tertiary/aromatic N) is 3. The molecule has 0 radical (unpaired) electrons. The average Bonchev–Trinajstić information content (AvgIpc) is 3.21. The fraction of sp³-hybridized carbons (Fsp3) is 0.353. The molecule has 0 spiro atoms. The summed E-state index contributed by atoms with van der Waals surface area (Å²) in [6, 6.07) is 5.19. The van der Waals surface area contributed by atoms with Crippen LogP contribution < -0.4 is 11.1 Å². The third-order valence-electron chi connectivity index (χ3n) is 4.55. The van der Waals surface area contributed by atoms with Gasteiger partial charge in [0.05, 0.1) is 28.0 Å². The van der Waals surface area contributed by atoms with E-state index < -0.39 is 10.0 Å². The minimum Gasteiger partial charge on any atom is -0.369 e. The third kappa shape index (κ3) is 3.48. The molecule has 3 aromatic rings. The minimum atomic E-state index is -3.25. The van der Waals surface area contributed by atoms with Crippen molar-refractivity contribution in [1.29, 1.82) is 0 Å². The Hall–Kier alpha value is -2.50. The normalized spacial score (nSPS) is 14.9. The Balaban J connectivity index is 1.54. The van der Waals surface area contributed by atoms with E-state index in [-0.39, 0.29) is 17.6 Å². The van der Waals surface area contributed by atoms with Gasteiger partial charge in [-0.2, -0.15) is 4.31 Å². The second-order valence-corrected chi connectivity index (χ2v) is 9.74. The molecule has 0 saturated carbocycles. The molecule has 2 aromatic heterocycles. The van der Waals surface area contributed by atoms with Crippen LogP contribution in [0.3, 0.4) is 0 Å². The van der Waals surface area contributed by atoms with Gasteiger partial charge in [0.2, 0.25) is 10.0 Å². The molecule has 148 valence electrons. The number of nitrogens with two attached hydrogens (primary N) is 1. The van der Waals surface area contributed by atoms with Crippen molar-refractivity contribution in [2.45, 2.75) is 26.3 Å². The topological polar surface area (TPSA) is 134 Å². The van der Waals surface area contributed by atoms with Crippen LogP contribution in [0.25, 0.3) is 11.0 Å². The molecule has 1 aliphatic rings. The van der Waals surface area contributed by atoms with E-state index in [1.54, 1.807) is 18.2 Å². The Bertz CT molecular complexity index is 1150. The average molecular weight is 421 g/mol. The number of benzene rings is 1. The zero-order chi connectivity index (χ0) is 19.9. The lowest BCUT2D eigenvalue weighted by Gasteiger charge is -2.25. The van der Waals surface area contributed by atoms with Gasteiger partial charge in [0, 0.05) is 24.4 Å². The largest absolute Gasteiger partial charge is 0.369 e. The lowest BCUT2D eigenvalue weighted by molar-refractivity contribution is 0.102. The first-order valence-electron chi connectivity index (χ1n) is 8.89. The number of nitrogen functional groups attached to an aromatic ring is 1. The van der Waals surface area contributed by atoms with E-state index in [9.17, 15) is 13.2 Å². The number of aromatic nitrogens is 3. The van der Waals surface area contributed by atoms with Crippen LogP contribution >= 0.6 is 11.3 Å². The first kappa shape index (κ1) is 18.8. The van der Waals surface area contributed by atoms with Gasteiger partial charge in [0.1, 0.15) is 0 Å². The summed E-state index contributed by atoms with van der Waals surface area (Å²) in [6.07, 6.45) is 1.12.